The fourth-order valence-corrected chi connectivity index (χ4v) is 1.10. The first kappa shape index (κ1) is 8.28. The number of halogens is 1. The highest BCUT2D eigenvalue weighted by molar-refractivity contribution is 5.85. The predicted molar refractivity (Wildman–Crippen MR) is 48.7 cm³/mol. The summed E-state index contributed by atoms with van der Waals surface area (Å²) in [6.45, 7) is 0. The van der Waals surface area contributed by atoms with E-state index in [0.29, 0.717) is 0 Å². The second-order valence-electron chi connectivity index (χ2n) is 2.51. The summed E-state index contributed by atoms with van der Waals surface area (Å²) in [5.74, 6) is 0. The maximum absolute atomic E-state index is 4.05. The molecule has 0 radical (unpaired) electrons. The average Bonchev–Trinajstić information content (AvgIpc) is 1.86. The molecule has 0 saturated heterocycles. The minimum atomic E-state index is 0. The van der Waals surface area contributed by atoms with Crippen molar-refractivity contribution in [1.82, 2.24) is 4.98 Å². The molecule has 0 saturated carbocycles. The zero-order valence-electron chi connectivity index (χ0n) is 6.16. The molecule has 11 heavy (non-hydrogen) atoms. The largest absolute Gasteiger partial charge is 0.264 e. The van der Waals surface area contributed by atoms with E-state index in [1.807, 2.05) is 18.5 Å². The molecule has 2 rings (SSSR count). The van der Waals surface area contributed by atoms with E-state index in [-0.39, 0.29) is 12.4 Å². The van der Waals surface area contributed by atoms with Crippen molar-refractivity contribution in [3.05, 3.63) is 36.2 Å². The van der Waals surface area contributed by atoms with Crippen molar-refractivity contribution < 1.29 is 0 Å². The molecule has 0 atom stereocenters. The summed E-state index contributed by atoms with van der Waals surface area (Å²) in [5.41, 5.74) is 2.74. The van der Waals surface area contributed by atoms with E-state index in [0.717, 1.165) is 0 Å². The molecule has 1 aliphatic rings. The summed E-state index contributed by atoms with van der Waals surface area (Å²) in [5, 5.41) is 0. The van der Waals surface area contributed by atoms with Gasteiger partial charge in [0.05, 0.1) is 0 Å². The molecule has 0 aliphatic heterocycles. The average molecular weight is 168 g/mol. The van der Waals surface area contributed by atoms with Crippen LogP contribution in [0.25, 0.3) is 5.57 Å². The van der Waals surface area contributed by atoms with Gasteiger partial charge in [-0.1, -0.05) is 12.1 Å². The van der Waals surface area contributed by atoms with E-state index in [9.17, 15) is 0 Å². The summed E-state index contributed by atoms with van der Waals surface area (Å²) in [4.78, 5) is 4.05. The van der Waals surface area contributed by atoms with Crippen molar-refractivity contribution in [1.29, 1.82) is 0 Å². The maximum Gasteiger partial charge on any atom is 0.0342 e. The molecule has 1 aromatic rings. The smallest absolute Gasteiger partial charge is 0.0342 e. The number of rotatable bonds is 1. The summed E-state index contributed by atoms with van der Waals surface area (Å²) in [6.07, 6.45) is 8.46. The Balaban J connectivity index is 0.000000605. The Morgan fingerprint density at radius 1 is 1.36 bits per heavy atom. The fourth-order valence-electron chi connectivity index (χ4n) is 1.10. The van der Waals surface area contributed by atoms with Gasteiger partial charge < -0.3 is 0 Å². The van der Waals surface area contributed by atoms with E-state index in [2.05, 4.69) is 17.1 Å². The highest BCUT2D eigenvalue weighted by Crippen LogP contribution is 2.27. The highest BCUT2D eigenvalue weighted by Gasteiger charge is 2.06. The van der Waals surface area contributed by atoms with Crippen LogP contribution in [0, 0.1) is 0 Å². The zero-order valence-corrected chi connectivity index (χ0v) is 6.97. The molecule has 0 spiro atoms. The highest BCUT2D eigenvalue weighted by atomic mass is 35.5. The van der Waals surface area contributed by atoms with Crippen molar-refractivity contribution in [3.8, 4) is 0 Å². The Morgan fingerprint density at radius 2 is 2.18 bits per heavy atom. The van der Waals surface area contributed by atoms with Gasteiger partial charge in [0.15, 0.2) is 0 Å². The third kappa shape index (κ3) is 1.60. The van der Waals surface area contributed by atoms with E-state index in [1.165, 1.54) is 24.0 Å². The second-order valence-corrected chi connectivity index (χ2v) is 2.51. The van der Waals surface area contributed by atoms with Gasteiger partial charge in [-0.2, -0.15) is 0 Å². The van der Waals surface area contributed by atoms with Gasteiger partial charge in [-0.3, -0.25) is 4.98 Å². The van der Waals surface area contributed by atoms with Crippen LogP contribution in [-0.4, -0.2) is 4.98 Å². The van der Waals surface area contributed by atoms with Gasteiger partial charge in [-0.05, 0) is 30.0 Å². The topological polar surface area (TPSA) is 12.9 Å². The van der Waals surface area contributed by atoms with Crippen LogP contribution >= 0.6 is 12.4 Å². The zero-order chi connectivity index (χ0) is 6.81. The first-order chi connectivity index (χ1) is 4.97. The third-order valence-corrected chi connectivity index (χ3v) is 1.84. The Bertz CT molecular complexity index is 254. The minimum Gasteiger partial charge on any atom is -0.264 e. The molecule has 0 amide bonds. The number of nitrogens with zero attached hydrogens (tertiary/aromatic N) is 1. The molecule has 0 fully saturated rings. The standard InChI is InChI=1S/C9H9N.ClH/c1-3-8(4-1)9-5-2-6-10-7-9;/h2-3,5-7H,1,4H2;1H. The van der Waals surface area contributed by atoms with Crippen molar-refractivity contribution in [2.75, 3.05) is 0 Å². The van der Waals surface area contributed by atoms with Crippen LogP contribution in [0.3, 0.4) is 0 Å². The summed E-state index contributed by atoms with van der Waals surface area (Å²) in [7, 11) is 0. The van der Waals surface area contributed by atoms with Crippen LogP contribution < -0.4 is 0 Å². The van der Waals surface area contributed by atoms with Crippen LogP contribution in [-0.2, 0) is 0 Å². The Hall–Kier alpha value is -0.820. The molecular formula is C9H10ClN. The fraction of sp³-hybridized carbons (Fsp3) is 0.222. The number of pyridine rings is 1. The number of hydrogen-bond acceptors (Lipinski definition) is 1. The van der Waals surface area contributed by atoms with Gasteiger partial charge in [0, 0.05) is 12.4 Å². The van der Waals surface area contributed by atoms with Crippen LogP contribution in [0.2, 0.25) is 0 Å². The molecule has 0 unspecified atom stereocenters. The molecule has 1 heterocycles. The molecule has 2 heteroatoms. The SMILES string of the molecule is C1=C(c2cccnc2)CC1.Cl. The molecular weight excluding hydrogens is 158 g/mol. The molecule has 0 aromatic carbocycles. The summed E-state index contributed by atoms with van der Waals surface area (Å²) in [6, 6.07) is 4.09. The van der Waals surface area contributed by atoms with Crippen molar-refractivity contribution in [2.24, 2.45) is 0 Å². The Labute approximate surface area is 72.6 Å². The normalized spacial score (nSPS) is 14.4. The van der Waals surface area contributed by atoms with E-state index >= 15 is 0 Å². The van der Waals surface area contributed by atoms with Crippen molar-refractivity contribution in [2.45, 2.75) is 12.8 Å². The molecule has 58 valence electrons. The predicted octanol–water partition coefficient (Wildman–Crippen LogP) is 2.68. The first-order valence-corrected chi connectivity index (χ1v) is 3.56. The first-order valence-electron chi connectivity index (χ1n) is 3.56. The minimum absolute atomic E-state index is 0. The van der Waals surface area contributed by atoms with Crippen LogP contribution in [0.15, 0.2) is 30.6 Å². The Kier molecular flexibility index (Phi) is 2.66. The lowest BCUT2D eigenvalue weighted by molar-refractivity contribution is 0.985. The lowest BCUT2D eigenvalue weighted by atomic mass is 9.93. The van der Waals surface area contributed by atoms with Gasteiger partial charge in [0.25, 0.3) is 0 Å². The van der Waals surface area contributed by atoms with Crippen LogP contribution in [0.4, 0.5) is 0 Å². The van der Waals surface area contributed by atoms with E-state index in [4.69, 9.17) is 0 Å². The van der Waals surface area contributed by atoms with Crippen molar-refractivity contribution >= 4 is 18.0 Å². The second kappa shape index (κ2) is 3.54. The Morgan fingerprint density at radius 3 is 2.64 bits per heavy atom. The quantitative estimate of drug-likeness (QED) is 0.627. The van der Waals surface area contributed by atoms with Gasteiger partial charge in [-0.25, -0.2) is 0 Å². The third-order valence-electron chi connectivity index (χ3n) is 1.84. The maximum atomic E-state index is 4.05. The molecule has 0 bridgehead atoms. The summed E-state index contributed by atoms with van der Waals surface area (Å²) < 4.78 is 0. The molecule has 0 N–H and O–H groups in total. The van der Waals surface area contributed by atoms with Gasteiger partial charge in [0.1, 0.15) is 0 Å². The molecule has 1 aromatic heterocycles. The molecule has 1 aliphatic carbocycles. The molecule has 1 nitrogen and oxygen atoms in total. The van der Waals surface area contributed by atoms with E-state index in [1.54, 1.807) is 0 Å². The number of allylic oxidation sites excluding steroid dienone is 2. The van der Waals surface area contributed by atoms with Gasteiger partial charge in [0.2, 0.25) is 0 Å². The summed E-state index contributed by atoms with van der Waals surface area (Å²) >= 11 is 0. The van der Waals surface area contributed by atoms with Crippen molar-refractivity contribution in [3.63, 3.8) is 0 Å². The monoisotopic (exact) mass is 167 g/mol. The van der Waals surface area contributed by atoms with Crippen LogP contribution in [0.5, 0.6) is 0 Å². The lowest BCUT2D eigenvalue weighted by Crippen LogP contribution is -1.92. The van der Waals surface area contributed by atoms with Crippen LogP contribution in [0.1, 0.15) is 18.4 Å². The lowest BCUT2D eigenvalue weighted by Gasteiger charge is -2.13. The van der Waals surface area contributed by atoms with E-state index < -0.39 is 0 Å². The van der Waals surface area contributed by atoms with Gasteiger partial charge >= 0.3 is 0 Å². The number of aromatic nitrogens is 1. The van der Waals surface area contributed by atoms with Gasteiger partial charge in [-0.15, -0.1) is 12.4 Å². The number of hydrogen-bond donors (Lipinski definition) is 0.